The standard InChI is InChI=1S/C16H22N4O2/c1-18-9-10-19(2)12(11-18)7-8-20-14-6-4-3-5-13(14)15(17-20)16(21)22/h3-6,12H,7-11H2,1-2H3,(H,21,22)/t12-/m1/s1. The molecule has 0 amide bonds. The number of hydrogen-bond donors (Lipinski definition) is 1. The van der Waals surface area contributed by atoms with Gasteiger partial charge in [0.25, 0.3) is 0 Å². The van der Waals surface area contributed by atoms with Gasteiger partial charge < -0.3 is 14.9 Å². The fourth-order valence-electron chi connectivity index (χ4n) is 3.14. The minimum atomic E-state index is -0.968. The van der Waals surface area contributed by atoms with Gasteiger partial charge in [-0.3, -0.25) is 4.68 Å². The zero-order valence-electron chi connectivity index (χ0n) is 13.1. The molecule has 1 fully saturated rings. The number of fused-ring (bicyclic) bond motifs is 1. The summed E-state index contributed by atoms with van der Waals surface area (Å²) in [4.78, 5) is 16.1. The fourth-order valence-corrected chi connectivity index (χ4v) is 3.14. The van der Waals surface area contributed by atoms with Crippen LogP contribution in [0.1, 0.15) is 16.9 Å². The third kappa shape index (κ3) is 2.84. The van der Waals surface area contributed by atoms with E-state index in [9.17, 15) is 9.90 Å². The molecule has 118 valence electrons. The Morgan fingerprint density at radius 3 is 2.86 bits per heavy atom. The second-order valence-corrected chi connectivity index (χ2v) is 6.08. The van der Waals surface area contributed by atoms with Crippen molar-refractivity contribution in [1.82, 2.24) is 19.6 Å². The lowest BCUT2D eigenvalue weighted by atomic mass is 10.1. The molecular formula is C16H22N4O2. The molecule has 1 aromatic carbocycles. The highest BCUT2D eigenvalue weighted by molar-refractivity contribution is 6.01. The first-order valence-electron chi connectivity index (χ1n) is 7.64. The Hall–Kier alpha value is -1.92. The van der Waals surface area contributed by atoms with E-state index >= 15 is 0 Å². The molecule has 0 spiro atoms. The molecule has 0 aliphatic carbocycles. The number of piperazine rings is 1. The smallest absolute Gasteiger partial charge is 0.357 e. The van der Waals surface area contributed by atoms with Gasteiger partial charge >= 0.3 is 5.97 Å². The Morgan fingerprint density at radius 1 is 1.32 bits per heavy atom. The number of rotatable bonds is 4. The monoisotopic (exact) mass is 302 g/mol. The Balaban J connectivity index is 1.80. The van der Waals surface area contributed by atoms with Crippen LogP contribution in [0, 0.1) is 0 Å². The summed E-state index contributed by atoms with van der Waals surface area (Å²) in [5, 5.41) is 14.3. The van der Waals surface area contributed by atoms with E-state index in [4.69, 9.17) is 0 Å². The highest BCUT2D eigenvalue weighted by Crippen LogP contribution is 2.20. The lowest BCUT2D eigenvalue weighted by molar-refractivity contribution is 0.0691. The first-order chi connectivity index (χ1) is 10.6. The average molecular weight is 302 g/mol. The van der Waals surface area contributed by atoms with Crippen molar-refractivity contribution in [3.8, 4) is 0 Å². The topological polar surface area (TPSA) is 61.6 Å². The van der Waals surface area contributed by atoms with Crippen LogP contribution in [0.15, 0.2) is 24.3 Å². The van der Waals surface area contributed by atoms with Crippen LogP contribution in [0.3, 0.4) is 0 Å². The quantitative estimate of drug-likeness (QED) is 0.924. The van der Waals surface area contributed by atoms with Crippen LogP contribution in [0.4, 0.5) is 0 Å². The zero-order chi connectivity index (χ0) is 15.7. The third-order valence-electron chi connectivity index (χ3n) is 4.51. The summed E-state index contributed by atoms with van der Waals surface area (Å²) in [5.74, 6) is -0.968. The second-order valence-electron chi connectivity index (χ2n) is 6.08. The summed E-state index contributed by atoms with van der Waals surface area (Å²) in [6.45, 7) is 3.94. The molecule has 2 heterocycles. The number of likely N-dealkylation sites (N-methyl/N-ethyl adjacent to an activating group) is 2. The van der Waals surface area contributed by atoms with Gasteiger partial charge in [0.1, 0.15) is 0 Å². The predicted octanol–water partition coefficient (Wildman–Crippen LogP) is 1.37. The van der Waals surface area contributed by atoms with E-state index in [1.165, 1.54) is 0 Å². The van der Waals surface area contributed by atoms with Crippen LogP contribution >= 0.6 is 0 Å². The summed E-state index contributed by atoms with van der Waals surface area (Å²) in [6, 6.07) is 8.01. The van der Waals surface area contributed by atoms with Crippen LogP contribution in [0.2, 0.25) is 0 Å². The molecule has 0 bridgehead atoms. The number of carboxylic acids is 1. The van der Waals surface area contributed by atoms with E-state index in [0.29, 0.717) is 11.4 Å². The maximum absolute atomic E-state index is 11.3. The van der Waals surface area contributed by atoms with Crippen LogP contribution in [-0.4, -0.2) is 70.4 Å². The van der Waals surface area contributed by atoms with E-state index in [0.717, 1.165) is 38.1 Å². The maximum atomic E-state index is 11.3. The summed E-state index contributed by atoms with van der Waals surface area (Å²) >= 11 is 0. The highest BCUT2D eigenvalue weighted by Gasteiger charge is 2.23. The van der Waals surface area contributed by atoms with E-state index < -0.39 is 5.97 Å². The first kappa shape index (κ1) is 15.0. The van der Waals surface area contributed by atoms with Gasteiger partial charge in [0, 0.05) is 37.6 Å². The molecule has 1 aromatic heterocycles. The number of para-hydroxylation sites is 1. The third-order valence-corrected chi connectivity index (χ3v) is 4.51. The molecule has 1 N–H and O–H groups in total. The molecule has 2 aromatic rings. The number of aromatic carboxylic acids is 1. The molecule has 1 atom stereocenters. The van der Waals surface area contributed by atoms with Crippen molar-refractivity contribution in [3.05, 3.63) is 30.0 Å². The van der Waals surface area contributed by atoms with Crippen LogP contribution in [0.5, 0.6) is 0 Å². The van der Waals surface area contributed by atoms with E-state index in [1.807, 2.05) is 28.9 Å². The molecular weight excluding hydrogens is 280 g/mol. The average Bonchev–Trinajstić information content (AvgIpc) is 2.87. The van der Waals surface area contributed by atoms with Gasteiger partial charge in [0.2, 0.25) is 0 Å². The zero-order valence-corrected chi connectivity index (χ0v) is 13.1. The number of aryl methyl sites for hydroxylation is 1. The van der Waals surface area contributed by atoms with Gasteiger partial charge in [0.05, 0.1) is 5.52 Å². The second kappa shape index (κ2) is 6.06. The molecule has 0 radical (unpaired) electrons. The molecule has 6 nitrogen and oxygen atoms in total. The lowest BCUT2D eigenvalue weighted by Gasteiger charge is -2.37. The summed E-state index contributed by atoms with van der Waals surface area (Å²) in [5.41, 5.74) is 1.04. The number of carboxylic acid groups (broad SMARTS) is 1. The Bertz CT molecular complexity index is 682. The summed E-state index contributed by atoms with van der Waals surface area (Å²) < 4.78 is 1.83. The van der Waals surface area contributed by atoms with Gasteiger partial charge in [-0.25, -0.2) is 4.79 Å². The van der Waals surface area contributed by atoms with Crippen molar-refractivity contribution in [1.29, 1.82) is 0 Å². The van der Waals surface area contributed by atoms with Crippen molar-refractivity contribution >= 4 is 16.9 Å². The summed E-state index contributed by atoms with van der Waals surface area (Å²) in [7, 11) is 4.30. The molecule has 1 aliphatic heterocycles. The van der Waals surface area contributed by atoms with E-state index in [2.05, 4.69) is 29.0 Å². The molecule has 22 heavy (non-hydrogen) atoms. The van der Waals surface area contributed by atoms with Crippen LogP contribution in [0.25, 0.3) is 10.9 Å². The van der Waals surface area contributed by atoms with Crippen molar-refractivity contribution in [2.45, 2.75) is 19.0 Å². The molecule has 1 saturated heterocycles. The van der Waals surface area contributed by atoms with Gasteiger partial charge in [-0.2, -0.15) is 5.10 Å². The Morgan fingerprint density at radius 2 is 2.09 bits per heavy atom. The number of nitrogens with zero attached hydrogens (tertiary/aromatic N) is 4. The predicted molar refractivity (Wildman–Crippen MR) is 85.2 cm³/mol. The van der Waals surface area contributed by atoms with Crippen molar-refractivity contribution in [3.63, 3.8) is 0 Å². The van der Waals surface area contributed by atoms with Crippen LogP contribution in [-0.2, 0) is 6.54 Å². The highest BCUT2D eigenvalue weighted by atomic mass is 16.4. The number of benzene rings is 1. The molecule has 1 aliphatic rings. The van der Waals surface area contributed by atoms with Gasteiger partial charge in [-0.1, -0.05) is 18.2 Å². The number of carbonyl (C=O) groups is 1. The fraction of sp³-hybridized carbons (Fsp3) is 0.500. The largest absolute Gasteiger partial charge is 0.476 e. The van der Waals surface area contributed by atoms with Gasteiger partial charge in [-0.15, -0.1) is 0 Å². The maximum Gasteiger partial charge on any atom is 0.357 e. The molecule has 3 rings (SSSR count). The molecule has 6 heteroatoms. The van der Waals surface area contributed by atoms with E-state index in [-0.39, 0.29) is 5.69 Å². The van der Waals surface area contributed by atoms with Gasteiger partial charge in [-0.05, 0) is 26.6 Å². The summed E-state index contributed by atoms with van der Waals surface area (Å²) in [6.07, 6.45) is 0.964. The SMILES string of the molecule is CN1CCN(C)[C@H](CCn2nc(C(=O)O)c3ccccc32)C1. The number of aromatic nitrogens is 2. The lowest BCUT2D eigenvalue weighted by Crippen LogP contribution is -2.50. The normalized spacial score (nSPS) is 20.5. The van der Waals surface area contributed by atoms with Crippen molar-refractivity contribution < 1.29 is 9.90 Å². The van der Waals surface area contributed by atoms with E-state index in [1.54, 1.807) is 0 Å². The molecule has 0 unspecified atom stereocenters. The number of hydrogen-bond acceptors (Lipinski definition) is 4. The minimum Gasteiger partial charge on any atom is -0.476 e. The Labute approximate surface area is 129 Å². The van der Waals surface area contributed by atoms with Crippen LogP contribution < -0.4 is 0 Å². The van der Waals surface area contributed by atoms with Gasteiger partial charge in [0.15, 0.2) is 5.69 Å². The van der Waals surface area contributed by atoms with Crippen molar-refractivity contribution in [2.75, 3.05) is 33.7 Å². The van der Waals surface area contributed by atoms with Crippen molar-refractivity contribution in [2.24, 2.45) is 0 Å². The molecule has 0 saturated carbocycles. The first-order valence-corrected chi connectivity index (χ1v) is 7.64. The minimum absolute atomic E-state index is 0.143. The Kier molecular flexibility index (Phi) is 4.13.